The van der Waals surface area contributed by atoms with Crippen LogP contribution in [0.2, 0.25) is 0 Å². The van der Waals surface area contributed by atoms with Crippen molar-refractivity contribution >= 4 is 11.6 Å². The first-order chi connectivity index (χ1) is 8.30. The summed E-state index contributed by atoms with van der Waals surface area (Å²) in [5, 5.41) is 0. The number of benzene rings is 1. The van der Waals surface area contributed by atoms with Gasteiger partial charge >= 0.3 is 0 Å². The molecule has 0 amide bonds. The lowest BCUT2D eigenvalue weighted by atomic mass is 9.73. The smallest absolute Gasteiger partial charge is 0.0320 e. The monoisotopic (exact) mass is 250 g/mol. The van der Waals surface area contributed by atoms with Gasteiger partial charge in [-0.1, -0.05) is 62.9 Å². The van der Waals surface area contributed by atoms with E-state index in [1.807, 2.05) is 0 Å². The molecule has 0 spiro atoms. The summed E-state index contributed by atoms with van der Waals surface area (Å²) in [6.07, 6.45) is 8.08. The molecule has 1 heteroatoms. The second kappa shape index (κ2) is 5.91. The van der Waals surface area contributed by atoms with Crippen LogP contribution in [0.15, 0.2) is 30.3 Å². The predicted molar refractivity (Wildman–Crippen MR) is 75.7 cm³/mol. The minimum atomic E-state index is 0.206. The third-order valence-corrected chi connectivity index (χ3v) is 4.98. The average Bonchev–Trinajstić information content (AvgIpc) is 2.90. The molecule has 0 saturated heterocycles. The van der Waals surface area contributed by atoms with Gasteiger partial charge in [0.1, 0.15) is 0 Å². The summed E-state index contributed by atoms with van der Waals surface area (Å²) in [6.45, 7) is 2.28. The first-order valence-corrected chi connectivity index (χ1v) is 7.45. The molecular weight excluding hydrogens is 228 g/mol. The summed E-state index contributed by atoms with van der Waals surface area (Å²) in [7, 11) is 0. The van der Waals surface area contributed by atoms with Gasteiger partial charge in [-0.05, 0) is 24.3 Å². The minimum Gasteiger partial charge on any atom is -0.126 e. The first-order valence-electron chi connectivity index (χ1n) is 6.92. The number of rotatable bonds is 5. The molecule has 0 aromatic heterocycles. The fraction of sp³-hybridized carbons (Fsp3) is 0.625. The fourth-order valence-electron chi connectivity index (χ4n) is 3.25. The Bertz CT molecular complexity index is 321. The number of alkyl halides is 1. The molecule has 0 N–H and O–H groups in total. The Hall–Kier alpha value is -0.490. The van der Waals surface area contributed by atoms with Crippen LogP contribution in [0, 0.1) is 5.92 Å². The highest BCUT2D eigenvalue weighted by Gasteiger charge is 2.33. The van der Waals surface area contributed by atoms with Crippen molar-refractivity contribution in [3.8, 4) is 0 Å². The first kappa shape index (κ1) is 13.0. The van der Waals surface area contributed by atoms with Crippen LogP contribution in [-0.4, -0.2) is 5.88 Å². The maximum absolute atomic E-state index is 6.34. The highest BCUT2D eigenvalue weighted by Crippen LogP contribution is 2.41. The van der Waals surface area contributed by atoms with E-state index in [0.717, 1.165) is 18.2 Å². The molecule has 94 valence electrons. The molecule has 1 aliphatic carbocycles. The Kier molecular flexibility index (Phi) is 4.50. The Balaban J connectivity index is 2.19. The van der Waals surface area contributed by atoms with Crippen LogP contribution in [0.5, 0.6) is 0 Å². The third-order valence-electron chi connectivity index (χ3n) is 4.47. The lowest BCUT2D eigenvalue weighted by molar-refractivity contribution is 0.334. The molecule has 0 bridgehead atoms. The molecule has 1 aromatic carbocycles. The highest BCUT2D eigenvalue weighted by atomic mass is 35.5. The van der Waals surface area contributed by atoms with E-state index >= 15 is 0 Å². The van der Waals surface area contributed by atoms with Crippen molar-refractivity contribution in [2.45, 2.75) is 50.9 Å². The minimum absolute atomic E-state index is 0.206. The van der Waals surface area contributed by atoms with E-state index < -0.39 is 0 Å². The van der Waals surface area contributed by atoms with Gasteiger partial charge in [-0.15, -0.1) is 11.6 Å². The van der Waals surface area contributed by atoms with Crippen LogP contribution in [0.3, 0.4) is 0 Å². The molecular formula is C16H23Cl. The van der Waals surface area contributed by atoms with Crippen molar-refractivity contribution in [1.29, 1.82) is 0 Å². The molecule has 0 heterocycles. The van der Waals surface area contributed by atoms with Crippen LogP contribution >= 0.6 is 11.6 Å². The third kappa shape index (κ3) is 2.85. The van der Waals surface area contributed by atoms with Gasteiger partial charge in [0.15, 0.2) is 0 Å². The van der Waals surface area contributed by atoms with Crippen molar-refractivity contribution in [2.75, 3.05) is 5.88 Å². The molecule has 0 aliphatic heterocycles. The molecule has 1 unspecified atom stereocenters. The Morgan fingerprint density at radius 2 is 1.82 bits per heavy atom. The molecule has 1 atom stereocenters. The molecule has 2 rings (SSSR count). The summed E-state index contributed by atoms with van der Waals surface area (Å²) in [5.74, 6) is 1.65. The number of hydrogen-bond acceptors (Lipinski definition) is 0. The standard InChI is InChI=1S/C16H23Cl/c1-2-16(13-17,12-14-8-6-7-9-14)15-10-4-3-5-11-15/h3-5,10-11,14H,2,6-9,12-13H2,1H3. The average molecular weight is 251 g/mol. The van der Waals surface area contributed by atoms with E-state index in [4.69, 9.17) is 11.6 Å². The second-order valence-electron chi connectivity index (χ2n) is 5.49. The van der Waals surface area contributed by atoms with Crippen LogP contribution in [0.25, 0.3) is 0 Å². The van der Waals surface area contributed by atoms with E-state index in [2.05, 4.69) is 37.3 Å². The van der Waals surface area contributed by atoms with E-state index in [0.29, 0.717) is 0 Å². The van der Waals surface area contributed by atoms with Crippen molar-refractivity contribution in [3.05, 3.63) is 35.9 Å². The zero-order valence-electron chi connectivity index (χ0n) is 10.8. The molecule has 1 aliphatic rings. The number of halogens is 1. The zero-order chi connectivity index (χ0) is 12.1. The number of hydrogen-bond donors (Lipinski definition) is 0. The molecule has 0 nitrogen and oxygen atoms in total. The van der Waals surface area contributed by atoms with Gasteiger partial charge in [0, 0.05) is 11.3 Å². The van der Waals surface area contributed by atoms with Crippen LogP contribution in [-0.2, 0) is 5.41 Å². The normalized spacial score (nSPS) is 20.4. The molecule has 0 radical (unpaired) electrons. The Morgan fingerprint density at radius 1 is 1.18 bits per heavy atom. The second-order valence-corrected chi connectivity index (χ2v) is 5.76. The van der Waals surface area contributed by atoms with Gasteiger partial charge in [0.2, 0.25) is 0 Å². The lowest BCUT2D eigenvalue weighted by Gasteiger charge is -2.34. The van der Waals surface area contributed by atoms with Gasteiger partial charge < -0.3 is 0 Å². The summed E-state index contributed by atoms with van der Waals surface area (Å²) >= 11 is 6.34. The van der Waals surface area contributed by atoms with Crippen molar-refractivity contribution in [3.63, 3.8) is 0 Å². The summed E-state index contributed by atoms with van der Waals surface area (Å²) < 4.78 is 0. The molecule has 1 fully saturated rings. The maximum atomic E-state index is 6.34. The van der Waals surface area contributed by atoms with E-state index in [-0.39, 0.29) is 5.41 Å². The predicted octanol–water partition coefficient (Wildman–Crippen LogP) is 5.15. The molecule has 17 heavy (non-hydrogen) atoms. The molecule has 1 aromatic rings. The Labute approximate surface area is 110 Å². The topological polar surface area (TPSA) is 0 Å². The largest absolute Gasteiger partial charge is 0.126 e. The van der Waals surface area contributed by atoms with Crippen molar-refractivity contribution in [2.24, 2.45) is 5.92 Å². The fourth-order valence-corrected chi connectivity index (χ4v) is 3.70. The van der Waals surface area contributed by atoms with Crippen molar-refractivity contribution < 1.29 is 0 Å². The zero-order valence-corrected chi connectivity index (χ0v) is 11.5. The van der Waals surface area contributed by atoms with Crippen molar-refractivity contribution in [1.82, 2.24) is 0 Å². The van der Waals surface area contributed by atoms with E-state index in [1.165, 1.54) is 37.7 Å². The van der Waals surface area contributed by atoms with E-state index in [1.54, 1.807) is 0 Å². The van der Waals surface area contributed by atoms with E-state index in [9.17, 15) is 0 Å². The summed E-state index contributed by atoms with van der Waals surface area (Å²) in [6, 6.07) is 10.9. The maximum Gasteiger partial charge on any atom is 0.0320 e. The van der Waals surface area contributed by atoms with Gasteiger partial charge in [0.25, 0.3) is 0 Å². The van der Waals surface area contributed by atoms with Gasteiger partial charge in [0.05, 0.1) is 0 Å². The molecule has 1 saturated carbocycles. The van der Waals surface area contributed by atoms with Gasteiger partial charge in [-0.3, -0.25) is 0 Å². The summed E-state index contributed by atoms with van der Waals surface area (Å²) in [5.41, 5.74) is 1.64. The lowest BCUT2D eigenvalue weighted by Crippen LogP contribution is -2.30. The van der Waals surface area contributed by atoms with Crippen LogP contribution < -0.4 is 0 Å². The SMILES string of the molecule is CCC(CCl)(CC1CCCC1)c1ccccc1. The summed E-state index contributed by atoms with van der Waals surface area (Å²) in [4.78, 5) is 0. The van der Waals surface area contributed by atoms with Gasteiger partial charge in [-0.25, -0.2) is 0 Å². The quantitative estimate of drug-likeness (QED) is 0.634. The highest BCUT2D eigenvalue weighted by molar-refractivity contribution is 6.18. The van der Waals surface area contributed by atoms with Crippen LogP contribution in [0.4, 0.5) is 0 Å². The Morgan fingerprint density at radius 3 is 2.35 bits per heavy atom. The van der Waals surface area contributed by atoms with Gasteiger partial charge in [-0.2, -0.15) is 0 Å². The van der Waals surface area contributed by atoms with Crippen LogP contribution in [0.1, 0.15) is 51.0 Å².